The molecule has 0 bridgehead atoms. The predicted molar refractivity (Wildman–Crippen MR) is 105 cm³/mol. The van der Waals surface area contributed by atoms with Gasteiger partial charge in [-0.05, 0) is 29.2 Å². The summed E-state index contributed by atoms with van der Waals surface area (Å²) in [5.74, 6) is 1.58. The number of hydrogen-bond acceptors (Lipinski definition) is 4. The predicted octanol–water partition coefficient (Wildman–Crippen LogP) is 3.07. The first-order valence-corrected chi connectivity index (χ1v) is 9.60. The molecule has 0 spiro atoms. The summed E-state index contributed by atoms with van der Waals surface area (Å²) >= 11 is 0. The minimum Gasteiger partial charge on any atom is -0.497 e. The molecule has 5 nitrogen and oxygen atoms in total. The topological polar surface area (TPSA) is 53.6 Å². The number of rotatable bonds is 5. The molecular weight excluding hydrogens is 338 g/mol. The first-order chi connectivity index (χ1) is 13.1. The Bertz CT molecular complexity index is 791. The van der Waals surface area contributed by atoms with Crippen LogP contribution in [0.25, 0.3) is 0 Å². The summed E-state index contributed by atoms with van der Waals surface area (Å²) in [5.41, 5.74) is 9.01. The van der Waals surface area contributed by atoms with Crippen molar-refractivity contribution in [3.63, 3.8) is 0 Å². The second-order valence-electron chi connectivity index (χ2n) is 7.83. The Kier molecular flexibility index (Phi) is 4.89. The summed E-state index contributed by atoms with van der Waals surface area (Å²) in [6, 6.07) is 18.4. The van der Waals surface area contributed by atoms with Crippen molar-refractivity contribution in [3.8, 4) is 5.75 Å². The maximum Gasteiger partial charge on any atom is 0.242 e. The maximum atomic E-state index is 13.2. The summed E-state index contributed by atoms with van der Waals surface area (Å²) in [6.07, 6.45) is 0. The van der Waals surface area contributed by atoms with E-state index < -0.39 is 0 Å². The van der Waals surface area contributed by atoms with Gasteiger partial charge >= 0.3 is 0 Å². The average Bonchev–Trinajstić information content (AvgIpc) is 3.22. The number of likely N-dealkylation sites (tertiary alicyclic amines) is 1. The molecule has 0 aromatic heterocycles. The van der Waals surface area contributed by atoms with E-state index in [0.717, 1.165) is 17.9 Å². The Morgan fingerprint density at radius 2 is 1.63 bits per heavy atom. The van der Waals surface area contributed by atoms with E-state index in [4.69, 9.17) is 4.74 Å². The van der Waals surface area contributed by atoms with Crippen molar-refractivity contribution in [2.75, 3.05) is 13.7 Å². The fourth-order valence-corrected chi connectivity index (χ4v) is 4.45. The van der Waals surface area contributed by atoms with Gasteiger partial charge in [-0.1, -0.05) is 56.3 Å². The molecule has 0 saturated carbocycles. The van der Waals surface area contributed by atoms with Crippen molar-refractivity contribution < 1.29 is 9.53 Å². The van der Waals surface area contributed by atoms with E-state index in [-0.39, 0.29) is 30.0 Å². The van der Waals surface area contributed by atoms with E-state index in [1.54, 1.807) is 7.11 Å². The Morgan fingerprint density at radius 1 is 0.963 bits per heavy atom. The van der Waals surface area contributed by atoms with E-state index in [1.807, 2.05) is 18.2 Å². The molecule has 2 aliphatic heterocycles. The number of carbonyl (C=O) groups is 1. The summed E-state index contributed by atoms with van der Waals surface area (Å²) in [7, 11) is 1.67. The molecule has 0 aliphatic carbocycles. The number of amides is 1. The monoisotopic (exact) mass is 365 g/mol. The Balaban J connectivity index is 1.72. The second-order valence-corrected chi connectivity index (χ2v) is 7.83. The minimum atomic E-state index is -0.207. The highest BCUT2D eigenvalue weighted by atomic mass is 16.5. The van der Waals surface area contributed by atoms with Crippen molar-refractivity contribution in [2.24, 2.45) is 11.8 Å². The van der Waals surface area contributed by atoms with Gasteiger partial charge < -0.3 is 9.64 Å². The number of hydrogen-bond donors (Lipinski definition) is 2. The fourth-order valence-electron chi connectivity index (χ4n) is 4.45. The molecule has 27 heavy (non-hydrogen) atoms. The smallest absolute Gasteiger partial charge is 0.242 e. The zero-order valence-corrected chi connectivity index (χ0v) is 16.1. The first-order valence-electron chi connectivity index (χ1n) is 9.60. The van der Waals surface area contributed by atoms with Gasteiger partial charge in [-0.25, -0.2) is 10.9 Å². The summed E-state index contributed by atoms with van der Waals surface area (Å²) in [4.78, 5) is 15.3. The number of nitrogens with one attached hydrogen (secondary N) is 2. The molecule has 142 valence electrons. The Labute approximate surface area is 160 Å². The lowest BCUT2D eigenvalue weighted by atomic mass is 9.83. The largest absolute Gasteiger partial charge is 0.497 e. The van der Waals surface area contributed by atoms with Gasteiger partial charge in [0.25, 0.3) is 0 Å². The van der Waals surface area contributed by atoms with Crippen molar-refractivity contribution in [2.45, 2.75) is 32.0 Å². The third-order valence-corrected chi connectivity index (χ3v) is 5.59. The summed E-state index contributed by atoms with van der Waals surface area (Å²) < 4.78 is 5.29. The van der Waals surface area contributed by atoms with Crippen LogP contribution in [0.5, 0.6) is 5.75 Å². The van der Waals surface area contributed by atoms with Gasteiger partial charge in [0.2, 0.25) is 5.91 Å². The molecule has 1 amide bonds. The van der Waals surface area contributed by atoms with Gasteiger partial charge in [-0.3, -0.25) is 4.79 Å². The Morgan fingerprint density at radius 3 is 2.26 bits per heavy atom. The molecule has 2 fully saturated rings. The number of hydrazine groups is 1. The van der Waals surface area contributed by atoms with Crippen LogP contribution in [0.3, 0.4) is 0 Å². The molecule has 4 unspecified atom stereocenters. The molecule has 2 aromatic rings. The van der Waals surface area contributed by atoms with Gasteiger partial charge in [0, 0.05) is 12.5 Å². The van der Waals surface area contributed by atoms with E-state index in [2.05, 4.69) is 66.0 Å². The minimum absolute atomic E-state index is 0.0562. The lowest BCUT2D eigenvalue weighted by molar-refractivity contribution is -0.131. The average molecular weight is 365 g/mol. The number of carbonyl (C=O) groups excluding carboxylic acids is 1. The van der Waals surface area contributed by atoms with Gasteiger partial charge in [0.1, 0.15) is 11.8 Å². The van der Waals surface area contributed by atoms with Crippen LogP contribution >= 0.6 is 0 Å². The van der Waals surface area contributed by atoms with E-state index in [9.17, 15) is 4.79 Å². The molecule has 0 radical (unpaired) electrons. The van der Waals surface area contributed by atoms with Gasteiger partial charge in [0.15, 0.2) is 0 Å². The van der Waals surface area contributed by atoms with Crippen molar-refractivity contribution in [1.82, 2.24) is 15.8 Å². The van der Waals surface area contributed by atoms with Gasteiger partial charge in [0.05, 0.1) is 19.2 Å². The zero-order valence-electron chi connectivity index (χ0n) is 16.1. The quantitative estimate of drug-likeness (QED) is 0.855. The molecule has 2 heterocycles. The summed E-state index contributed by atoms with van der Waals surface area (Å²) in [5, 5.41) is 0. The number of ether oxygens (including phenoxy) is 1. The van der Waals surface area contributed by atoms with Crippen molar-refractivity contribution >= 4 is 5.91 Å². The van der Waals surface area contributed by atoms with Crippen LogP contribution in [-0.4, -0.2) is 30.5 Å². The van der Waals surface area contributed by atoms with Crippen molar-refractivity contribution in [3.05, 3.63) is 65.7 Å². The number of methoxy groups -OCH3 is 1. The van der Waals surface area contributed by atoms with Gasteiger partial charge in [-0.15, -0.1) is 0 Å². The SMILES string of the molecule is COc1ccc(C2NNC3C(=O)N(CC(C)C)C(c4ccccc4)C32)cc1. The van der Waals surface area contributed by atoms with Crippen molar-refractivity contribution in [1.29, 1.82) is 0 Å². The molecule has 2 saturated heterocycles. The van der Waals surface area contributed by atoms with Crippen LogP contribution in [0.2, 0.25) is 0 Å². The fraction of sp³-hybridized carbons (Fsp3) is 0.409. The lowest BCUT2D eigenvalue weighted by Crippen LogP contribution is -2.42. The van der Waals surface area contributed by atoms with E-state index in [0.29, 0.717) is 5.92 Å². The first kappa shape index (κ1) is 18.0. The van der Waals surface area contributed by atoms with Crippen LogP contribution in [0, 0.1) is 11.8 Å². The van der Waals surface area contributed by atoms with E-state index in [1.165, 1.54) is 5.56 Å². The van der Waals surface area contributed by atoms with Crippen LogP contribution in [0.15, 0.2) is 54.6 Å². The zero-order chi connectivity index (χ0) is 19.0. The number of benzene rings is 2. The second kappa shape index (κ2) is 7.33. The third-order valence-electron chi connectivity index (χ3n) is 5.59. The maximum absolute atomic E-state index is 13.2. The lowest BCUT2D eigenvalue weighted by Gasteiger charge is -2.32. The normalized spacial score (nSPS) is 27.3. The molecule has 2 N–H and O–H groups in total. The molecule has 2 aliphatic rings. The van der Waals surface area contributed by atoms with Crippen LogP contribution in [-0.2, 0) is 4.79 Å². The molecule has 4 rings (SSSR count). The highest BCUT2D eigenvalue weighted by Crippen LogP contribution is 2.47. The van der Waals surface area contributed by atoms with Crippen LogP contribution in [0.1, 0.15) is 37.1 Å². The third kappa shape index (κ3) is 3.22. The highest BCUT2D eigenvalue weighted by Gasteiger charge is 2.55. The van der Waals surface area contributed by atoms with Crippen LogP contribution < -0.4 is 15.6 Å². The molecular formula is C22H27N3O2. The standard InChI is InChI=1S/C22H27N3O2/c1-14(2)13-25-21(16-7-5-4-6-8-16)18-19(23-24-20(18)22(25)26)15-9-11-17(27-3)12-10-15/h4-12,14,18-21,23-24H,13H2,1-3H3. The highest BCUT2D eigenvalue weighted by molar-refractivity contribution is 5.86. The Hall–Kier alpha value is -2.37. The molecule has 2 aromatic carbocycles. The summed E-state index contributed by atoms with van der Waals surface area (Å²) in [6.45, 7) is 5.09. The van der Waals surface area contributed by atoms with Crippen LogP contribution in [0.4, 0.5) is 0 Å². The molecule has 5 heteroatoms. The molecule has 4 atom stereocenters. The van der Waals surface area contributed by atoms with Gasteiger partial charge in [-0.2, -0.15) is 0 Å². The van der Waals surface area contributed by atoms with E-state index >= 15 is 0 Å². The number of nitrogens with zero attached hydrogens (tertiary/aromatic N) is 1. The number of fused-ring (bicyclic) bond motifs is 1.